The van der Waals surface area contributed by atoms with Gasteiger partial charge in [0.2, 0.25) is 0 Å². The number of nitrogens with zero attached hydrogens (tertiary/aromatic N) is 3. The molecule has 3 aromatic rings. The summed E-state index contributed by atoms with van der Waals surface area (Å²) in [7, 11) is 1.51. The van der Waals surface area contributed by atoms with E-state index in [2.05, 4.69) is 15.3 Å². The lowest BCUT2D eigenvalue weighted by Gasteiger charge is -2.34. The maximum Gasteiger partial charge on any atom is 0.415 e. The van der Waals surface area contributed by atoms with Crippen LogP contribution in [0, 0.1) is 5.82 Å². The summed E-state index contributed by atoms with van der Waals surface area (Å²) in [6, 6.07) is 8.06. The number of anilines is 3. The van der Waals surface area contributed by atoms with Gasteiger partial charge in [-0.1, -0.05) is 17.7 Å². The van der Waals surface area contributed by atoms with Gasteiger partial charge in [-0.3, -0.25) is 4.90 Å². The van der Waals surface area contributed by atoms with Crippen molar-refractivity contribution in [1.29, 1.82) is 0 Å². The van der Waals surface area contributed by atoms with Crippen LogP contribution in [0.1, 0.15) is 0 Å². The number of hydrogen-bond acceptors (Lipinski definition) is 7. The summed E-state index contributed by atoms with van der Waals surface area (Å²) in [6.45, 7) is 1.05. The average molecular weight is 431 g/mol. The molecule has 3 heterocycles. The minimum atomic E-state index is -0.630. The Hall–Kier alpha value is -3.17. The SMILES string of the molecule is COc1cc2ncnc(Nc3cccc(Cl)c3F)c2cc1N1CC2(COC2)OC1=O. The van der Waals surface area contributed by atoms with Crippen molar-refractivity contribution in [2.24, 2.45) is 0 Å². The molecule has 8 nitrogen and oxygen atoms in total. The summed E-state index contributed by atoms with van der Waals surface area (Å²) >= 11 is 5.88. The predicted molar refractivity (Wildman–Crippen MR) is 108 cm³/mol. The first-order valence-corrected chi connectivity index (χ1v) is 9.49. The van der Waals surface area contributed by atoms with Crippen LogP contribution in [0.3, 0.4) is 0 Å². The van der Waals surface area contributed by atoms with Crippen molar-refractivity contribution in [2.45, 2.75) is 5.60 Å². The fraction of sp³-hybridized carbons (Fsp3) is 0.250. The van der Waals surface area contributed by atoms with Crippen LogP contribution in [0.5, 0.6) is 5.75 Å². The molecule has 0 atom stereocenters. The Kier molecular flexibility index (Phi) is 4.37. The van der Waals surface area contributed by atoms with Crippen LogP contribution in [-0.4, -0.2) is 48.5 Å². The van der Waals surface area contributed by atoms with Crippen LogP contribution >= 0.6 is 11.6 Å². The third kappa shape index (κ3) is 2.98. The molecule has 1 N–H and O–H groups in total. The zero-order valence-corrected chi connectivity index (χ0v) is 16.6. The number of carbonyl (C=O) groups excluding carboxylic acids is 1. The van der Waals surface area contributed by atoms with Gasteiger partial charge < -0.3 is 19.5 Å². The van der Waals surface area contributed by atoms with E-state index in [1.165, 1.54) is 24.4 Å². The number of halogens is 2. The summed E-state index contributed by atoms with van der Waals surface area (Å²) < 4.78 is 30.6. The summed E-state index contributed by atoms with van der Waals surface area (Å²) in [6.07, 6.45) is 0.875. The zero-order chi connectivity index (χ0) is 20.9. The average Bonchev–Trinajstić information content (AvgIpc) is 3.08. The Balaban J connectivity index is 1.59. The van der Waals surface area contributed by atoms with Gasteiger partial charge in [-0.05, 0) is 18.2 Å². The number of amides is 1. The highest BCUT2D eigenvalue weighted by Crippen LogP contribution is 2.40. The Bertz CT molecular complexity index is 1170. The number of methoxy groups -OCH3 is 1. The van der Waals surface area contributed by atoms with Gasteiger partial charge >= 0.3 is 6.09 Å². The molecule has 0 aliphatic carbocycles. The number of ether oxygens (including phenoxy) is 3. The molecule has 0 saturated carbocycles. The van der Waals surface area contributed by atoms with Crippen molar-refractivity contribution in [3.63, 3.8) is 0 Å². The van der Waals surface area contributed by atoms with E-state index < -0.39 is 17.5 Å². The van der Waals surface area contributed by atoms with E-state index in [4.69, 9.17) is 25.8 Å². The number of rotatable bonds is 4. The molecule has 0 unspecified atom stereocenters. The second kappa shape index (κ2) is 6.96. The first kappa shape index (κ1) is 18.8. The van der Waals surface area contributed by atoms with Gasteiger partial charge in [0, 0.05) is 11.5 Å². The highest BCUT2D eigenvalue weighted by molar-refractivity contribution is 6.31. The van der Waals surface area contributed by atoms with Crippen LogP contribution < -0.4 is 15.0 Å². The van der Waals surface area contributed by atoms with E-state index in [0.717, 1.165) is 0 Å². The lowest BCUT2D eigenvalue weighted by atomic mass is 10.0. The van der Waals surface area contributed by atoms with Crippen LogP contribution in [-0.2, 0) is 9.47 Å². The molecule has 2 aliphatic rings. The number of aromatic nitrogens is 2. The second-order valence-electron chi connectivity index (χ2n) is 7.12. The van der Waals surface area contributed by atoms with E-state index in [1.807, 2.05) is 0 Å². The van der Waals surface area contributed by atoms with Crippen LogP contribution in [0.4, 0.5) is 26.4 Å². The fourth-order valence-corrected chi connectivity index (χ4v) is 3.74. The standard InChI is InChI=1S/C20H16ClFN4O4/c1-28-16-6-14-11(5-15(16)26-7-20(8-29-9-20)30-19(26)27)18(24-10-23-14)25-13-4-2-3-12(21)17(13)22/h2-6,10H,7-9H2,1H3,(H,23,24,25). The van der Waals surface area contributed by atoms with Crippen molar-refractivity contribution in [3.05, 3.63) is 47.5 Å². The predicted octanol–water partition coefficient (Wildman–Crippen LogP) is 3.90. The number of benzene rings is 2. The fourth-order valence-electron chi connectivity index (χ4n) is 3.56. The third-order valence-corrected chi connectivity index (χ3v) is 5.42. The topological polar surface area (TPSA) is 85.8 Å². The van der Waals surface area contributed by atoms with Crippen molar-refractivity contribution < 1.29 is 23.4 Å². The highest BCUT2D eigenvalue weighted by atomic mass is 35.5. The first-order chi connectivity index (χ1) is 14.5. The van der Waals surface area contributed by atoms with Gasteiger partial charge in [-0.2, -0.15) is 0 Å². The molecule has 2 saturated heterocycles. The Morgan fingerprint density at radius 3 is 2.83 bits per heavy atom. The monoisotopic (exact) mass is 430 g/mol. The highest BCUT2D eigenvalue weighted by Gasteiger charge is 2.52. The lowest BCUT2D eigenvalue weighted by Crippen LogP contribution is -2.52. The lowest BCUT2D eigenvalue weighted by molar-refractivity contribution is -0.155. The minimum Gasteiger partial charge on any atom is -0.494 e. The molecule has 0 bridgehead atoms. The molecule has 1 aromatic heterocycles. The Morgan fingerprint density at radius 1 is 1.30 bits per heavy atom. The molecule has 1 spiro atoms. The van der Waals surface area contributed by atoms with E-state index in [-0.39, 0.29) is 10.7 Å². The number of carbonyl (C=O) groups is 1. The molecular weight excluding hydrogens is 415 g/mol. The largest absolute Gasteiger partial charge is 0.494 e. The minimum absolute atomic E-state index is 0.00597. The number of nitrogens with one attached hydrogen (secondary N) is 1. The van der Waals surface area contributed by atoms with Crippen LogP contribution in [0.2, 0.25) is 5.02 Å². The number of hydrogen-bond donors (Lipinski definition) is 1. The van der Waals surface area contributed by atoms with E-state index >= 15 is 0 Å². The van der Waals surface area contributed by atoms with Gasteiger partial charge in [0.1, 0.15) is 17.9 Å². The van der Waals surface area contributed by atoms with Gasteiger partial charge in [0.25, 0.3) is 0 Å². The van der Waals surface area contributed by atoms with Crippen molar-refractivity contribution in [3.8, 4) is 5.75 Å². The molecule has 1 amide bonds. The van der Waals surface area contributed by atoms with Crippen molar-refractivity contribution in [2.75, 3.05) is 37.1 Å². The maximum absolute atomic E-state index is 14.4. The van der Waals surface area contributed by atoms with E-state index in [9.17, 15) is 9.18 Å². The van der Waals surface area contributed by atoms with Gasteiger partial charge in [0.05, 0.1) is 48.8 Å². The molecule has 2 aliphatic heterocycles. The van der Waals surface area contributed by atoms with Crippen LogP contribution in [0.15, 0.2) is 36.7 Å². The molecule has 5 rings (SSSR count). The summed E-state index contributed by atoms with van der Waals surface area (Å²) in [5, 5.41) is 3.52. The van der Waals surface area contributed by atoms with E-state index in [0.29, 0.717) is 47.9 Å². The maximum atomic E-state index is 14.4. The van der Waals surface area contributed by atoms with Gasteiger partial charge in [0.15, 0.2) is 11.4 Å². The zero-order valence-electron chi connectivity index (χ0n) is 15.8. The molecule has 10 heteroatoms. The van der Waals surface area contributed by atoms with E-state index in [1.54, 1.807) is 24.3 Å². The normalized spacial score (nSPS) is 17.2. The first-order valence-electron chi connectivity index (χ1n) is 9.12. The summed E-state index contributed by atoms with van der Waals surface area (Å²) in [4.78, 5) is 22.5. The Morgan fingerprint density at radius 2 is 2.13 bits per heavy atom. The quantitative estimate of drug-likeness (QED) is 0.671. The molecule has 30 heavy (non-hydrogen) atoms. The van der Waals surface area contributed by atoms with Crippen LogP contribution in [0.25, 0.3) is 10.9 Å². The summed E-state index contributed by atoms with van der Waals surface area (Å²) in [5.74, 6) is 0.226. The third-order valence-electron chi connectivity index (χ3n) is 5.13. The molecule has 2 aromatic carbocycles. The molecule has 154 valence electrons. The molecule has 0 radical (unpaired) electrons. The van der Waals surface area contributed by atoms with Crippen molar-refractivity contribution >= 4 is 45.8 Å². The molecule has 2 fully saturated rings. The molecular formula is C20H16ClFN4O4. The second-order valence-corrected chi connectivity index (χ2v) is 7.53. The summed E-state index contributed by atoms with van der Waals surface area (Å²) in [5.41, 5.74) is 0.605. The van der Waals surface area contributed by atoms with Crippen molar-refractivity contribution in [1.82, 2.24) is 9.97 Å². The van der Waals surface area contributed by atoms with Gasteiger partial charge in [-0.25, -0.2) is 19.2 Å². The number of fused-ring (bicyclic) bond motifs is 1. The van der Waals surface area contributed by atoms with Gasteiger partial charge in [-0.15, -0.1) is 0 Å². The Labute approximate surface area is 175 Å². The smallest absolute Gasteiger partial charge is 0.415 e.